The standard InChI is InChI=1S/C24H22Cl2N6O2/c25-17-7-8-20(32-14-22(26)28-29-32)18(12-17)19-13-23(33)31(15-27-19)21(24(34)30-9-4-10-30)11-16-5-2-1-3-6-16/h1-3,5-8,12-15,21,28-29H,4,9-11H2/t21-/m0/s1. The number of hydrazine groups is 2. The van der Waals surface area contributed by atoms with Gasteiger partial charge in [0.15, 0.2) is 0 Å². The highest BCUT2D eigenvalue weighted by Gasteiger charge is 2.30. The van der Waals surface area contributed by atoms with Gasteiger partial charge in [0, 0.05) is 36.2 Å². The van der Waals surface area contributed by atoms with Crippen LogP contribution in [-0.2, 0) is 11.2 Å². The van der Waals surface area contributed by atoms with Crippen LogP contribution in [0.3, 0.4) is 0 Å². The minimum atomic E-state index is -0.665. The van der Waals surface area contributed by atoms with E-state index in [0.717, 1.165) is 12.0 Å². The number of benzene rings is 2. The zero-order valence-electron chi connectivity index (χ0n) is 18.1. The van der Waals surface area contributed by atoms with E-state index in [1.165, 1.54) is 17.0 Å². The first-order chi connectivity index (χ1) is 16.5. The molecule has 3 aromatic rings. The average molecular weight is 497 g/mol. The summed E-state index contributed by atoms with van der Waals surface area (Å²) < 4.78 is 1.42. The van der Waals surface area contributed by atoms with Gasteiger partial charge in [0.1, 0.15) is 11.2 Å². The van der Waals surface area contributed by atoms with Crippen molar-refractivity contribution in [3.8, 4) is 11.3 Å². The smallest absolute Gasteiger partial charge is 0.254 e. The summed E-state index contributed by atoms with van der Waals surface area (Å²) in [6.07, 6.45) is 4.50. The third-order valence-electron chi connectivity index (χ3n) is 5.93. The SMILES string of the molecule is O=C([C@H](Cc1ccccc1)n1cnc(-c2cc(Cl)ccc2N2C=C(Cl)NN2)cc1=O)N1CCC1. The van der Waals surface area contributed by atoms with E-state index in [0.29, 0.717) is 46.6 Å². The minimum Gasteiger partial charge on any atom is -0.341 e. The highest BCUT2D eigenvalue weighted by molar-refractivity contribution is 6.31. The Hall–Kier alpha value is -3.33. The van der Waals surface area contributed by atoms with Crippen LogP contribution in [0, 0.1) is 0 Å². The van der Waals surface area contributed by atoms with Crippen LogP contribution in [0.15, 0.2) is 77.1 Å². The van der Waals surface area contributed by atoms with E-state index in [-0.39, 0.29) is 11.5 Å². The summed E-state index contributed by atoms with van der Waals surface area (Å²) in [6.45, 7) is 1.42. The monoisotopic (exact) mass is 496 g/mol. The second-order valence-electron chi connectivity index (χ2n) is 8.15. The number of rotatable bonds is 6. The summed E-state index contributed by atoms with van der Waals surface area (Å²) >= 11 is 12.3. The molecule has 2 N–H and O–H groups in total. The van der Waals surface area contributed by atoms with Crippen molar-refractivity contribution in [2.45, 2.75) is 18.9 Å². The van der Waals surface area contributed by atoms with E-state index >= 15 is 0 Å². The summed E-state index contributed by atoms with van der Waals surface area (Å²) in [5.41, 5.74) is 8.16. The summed E-state index contributed by atoms with van der Waals surface area (Å²) in [4.78, 5) is 32.9. The number of halogens is 2. The van der Waals surface area contributed by atoms with Gasteiger partial charge in [0.2, 0.25) is 5.91 Å². The first kappa shape index (κ1) is 22.5. The molecule has 0 unspecified atom stereocenters. The molecule has 0 spiro atoms. The maximum atomic E-state index is 13.3. The first-order valence-electron chi connectivity index (χ1n) is 10.9. The first-order valence-corrected chi connectivity index (χ1v) is 11.6. The molecule has 1 amide bonds. The Morgan fingerprint density at radius 3 is 2.53 bits per heavy atom. The zero-order valence-corrected chi connectivity index (χ0v) is 19.6. The Morgan fingerprint density at radius 2 is 1.88 bits per heavy atom. The van der Waals surface area contributed by atoms with Crippen molar-refractivity contribution in [3.63, 3.8) is 0 Å². The van der Waals surface area contributed by atoms with Crippen LogP contribution in [0.2, 0.25) is 5.02 Å². The molecular weight excluding hydrogens is 475 g/mol. The van der Waals surface area contributed by atoms with Crippen molar-refractivity contribution < 1.29 is 4.79 Å². The fourth-order valence-corrected chi connectivity index (χ4v) is 4.34. The highest BCUT2D eigenvalue weighted by atomic mass is 35.5. The van der Waals surface area contributed by atoms with Crippen LogP contribution in [-0.4, -0.2) is 33.4 Å². The van der Waals surface area contributed by atoms with Gasteiger partial charge in [-0.1, -0.05) is 53.5 Å². The van der Waals surface area contributed by atoms with Crippen molar-refractivity contribution in [3.05, 3.63) is 93.2 Å². The minimum absolute atomic E-state index is 0.0673. The van der Waals surface area contributed by atoms with Gasteiger partial charge in [-0.2, -0.15) is 0 Å². The molecule has 0 radical (unpaired) electrons. The molecular formula is C24H22Cl2N6O2. The normalized spacial score (nSPS) is 16.0. The van der Waals surface area contributed by atoms with Crippen LogP contribution in [0.1, 0.15) is 18.0 Å². The molecule has 5 rings (SSSR count). The highest BCUT2D eigenvalue weighted by Crippen LogP contribution is 2.32. The average Bonchev–Trinajstić information content (AvgIpc) is 3.23. The Labute approximate surface area is 206 Å². The van der Waals surface area contributed by atoms with Crippen molar-refractivity contribution in [2.24, 2.45) is 0 Å². The van der Waals surface area contributed by atoms with Crippen LogP contribution in [0.5, 0.6) is 0 Å². The fourth-order valence-electron chi connectivity index (χ4n) is 4.03. The molecule has 174 valence electrons. The van der Waals surface area contributed by atoms with E-state index in [2.05, 4.69) is 15.9 Å². The molecule has 8 nitrogen and oxygen atoms in total. The predicted molar refractivity (Wildman–Crippen MR) is 132 cm³/mol. The Balaban J connectivity index is 1.52. The largest absolute Gasteiger partial charge is 0.341 e. The number of carbonyl (C=O) groups is 1. The number of anilines is 1. The van der Waals surface area contributed by atoms with Gasteiger partial charge < -0.3 is 4.90 Å². The van der Waals surface area contributed by atoms with E-state index in [4.69, 9.17) is 23.2 Å². The van der Waals surface area contributed by atoms with Gasteiger partial charge in [-0.05, 0) is 30.2 Å². The fraction of sp³-hybridized carbons (Fsp3) is 0.208. The summed E-state index contributed by atoms with van der Waals surface area (Å²) in [6, 6.07) is 15.7. The topological polar surface area (TPSA) is 82.5 Å². The molecule has 2 aromatic carbocycles. The molecule has 2 aliphatic rings. The second-order valence-corrected chi connectivity index (χ2v) is 8.99. The number of amides is 1. The number of aromatic nitrogens is 2. The Kier molecular flexibility index (Phi) is 6.28. The molecule has 0 aliphatic carbocycles. The number of nitrogens with zero attached hydrogens (tertiary/aromatic N) is 4. The van der Waals surface area contributed by atoms with Gasteiger partial charge in [0.25, 0.3) is 5.56 Å². The molecule has 1 aromatic heterocycles. The molecule has 0 saturated carbocycles. The molecule has 1 fully saturated rings. The third kappa shape index (κ3) is 4.52. The number of nitrogens with one attached hydrogen (secondary N) is 2. The van der Waals surface area contributed by atoms with Crippen molar-refractivity contribution >= 4 is 34.8 Å². The lowest BCUT2D eigenvalue weighted by molar-refractivity contribution is -0.138. The number of carbonyl (C=O) groups excluding carboxylic acids is 1. The Bertz CT molecular complexity index is 1310. The quantitative estimate of drug-likeness (QED) is 0.508. The van der Waals surface area contributed by atoms with Crippen LogP contribution >= 0.6 is 23.2 Å². The lowest BCUT2D eigenvalue weighted by Crippen LogP contribution is -2.47. The molecule has 34 heavy (non-hydrogen) atoms. The molecule has 2 aliphatic heterocycles. The van der Waals surface area contributed by atoms with Crippen LogP contribution in [0.25, 0.3) is 11.3 Å². The molecule has 1 saturated heterocycles. The van der Waals surface area contributed by atoms with Gasteiger partial charge in [-0.15, -0.1) is 5.53 Å². The van der Waals surface area contributed by atoms with E-state index in [1.807, 2.05) is 30.3 Å². The maximum Gasteiger partial charge on any atom is 0.254 e. The number of hydrogen-bond donors (Lipinski definition) is 2. The van der Waals surface area contributed by atoms with E-state index in [1.54, 1.807) is 34.3 Å². The summed E-state index contributed by atoms with van der Waals surface area (Å²) in [5.74, 6) is -0.0673. The lowest BCUT2D eigenvalue weighted by atomic mass is 10.0. The second kappa shape index (κ2) is 9.50. The van der Waals surface area contributed by atoms with Crippen molar-refractivity contribution in [1.82, 2.24) is 25.4 Å². The summed E-state index contributed by atoms with van der Waals surface area (Å²) in [5, 5.41) is 2.59. The Morgan fingerprint density at radius 1 is 1.09 bits per heavy atom. The third-order valence-corrected chi connectivity index (χ3v) is 6.36. The van der Waals surface area contributed by atoms with E-state index in [9.17, 15) is 9.59 Å². The zero-order chi connectivity index (χ0) is 23.7. The number of likely N-dealkylation sites (tertiary alicyclic amines) is 1. The maximum absolute atomic E-state index is 13.3. The molecule has 10 heteroatoms. The van der Waals surface area contributed by atoms with Crippen molar-refractivity contribution in [1.29, 1.82) is 0 Å². The van der Waals surface area contributed by atoms with Gasteiger partial charge >= 0.3 is 0 Å². The van der Waals surface area contributed by atoms with Crippen LogP contribution < -0.4 is 21.5 Å². The number of hydrogen-bond acceptors (Lipinski definition) is 6. The molecule has 0 bridgehead atoms. The molecule has 1 atom stereocenters. The van der Waals surface area contributed by atoms with Crippen molar-refractivity contribution in [2.75, 3.05) is 18.1 Å². The van der Waals surface area contributed by atoms with Gasteiger partial charge in [0.05, 0.1) is 23.9 Å². The molecule has 3 heterocycles. The lowest BCUT2D eigenvalue weighted by Gasteiger charge is -2.34. The van der Waals surface area contributed by atoms with Crippen LogP contribution in [0.4, 0.5) is 5.69 Å². The van der Waals surface area contributed by atoms with Gasteiger partial charge in [-0.3, -0.25) is 24.6 Å². The predicted octanol–water partition coefficient (Wildman–Crippen LogP) is 3.45. The van der Waals surface area contributed by atoms with Gasteiger partial charge in [-0.25, -0.2) is 4.98 Å². The van der Waals surface area contributed by atoms with E-state index < -0.39 is 6.04 Å². The summed E-state index contributed by atoms with van der Waals surface area (Å²) in [7, 11) is 0.